The van der Waals surface area contributed by atoms with Crippen molar-refractivity contribution >= 4 is 24.2 Å². The number of carbonyl (C=O) groups is 2. The first kappa shape index (κ1) is 21.8. The van der Waals surface area contributed by atoms with E-state index in [-0.39, 0.29) is 42.5 Å². The molecule has 0 radical (unpaired) electrons. The maximum Gasteiger partial charge on any atom is 0.272 e. The fourth-order valence-electron chi connectivity index (χ4n) is 3.29. The van der Waals surface area contributed by atoms with Crippen LogP contribution in [0.4, 0.5) is 4.39 Å². The molecule has 28 heavy (non-hydrogen) atoms. The summed E-state index contributed by atoms with van der Waals surface area (Å²) in [5.41, 5.74) is 7.09. The van der Waals surface area contributed by atoms with Crippen LogP contribution in [0.5, 0.6) is 0 Å². The third kappa shape index (κ3) is 5.30. The third-order valence-electron chi connectivity index (χ3n) is 4.74. The zero-order valence-electron chi connectivity index (χ0n) is 15.5. The molecule has 2 amide bonds. The minimum atomic E-state index is -0.321. The minimum Gasteiger partial charge on any atom is -0.354 e. The normalized spacial score (nSPS) is 16.4. The molecule has 152 valence electrons. The van der Waals surface area contributed by atoms with Gasteiger partial charge >= 0.3 is 0 Å². The maximum atomic E-state index is 13.1. The van der Waals surface area contributed by atoms with Crippen LogP contribution >= 0.6 is 12.4 Å². The summed E-state index contributed by atoms with van der Waals surface area (Å²) in [6.07, 6.45) is 3.07. The van der Waals surface area contributed by atoms with E-state index < -0.39 is 0 Å². The highest BCUT2D eigenvalue weighted by molar-refractivity contribution is 5.93. The molecule has 7 nitrogen and oxygen atoms in total. The van der Waals surface area contributed by atoms with Crippen LogP contribution in [-0.2, 0) is 4.79 Å². The molecule has 9 heteroatoms. The molecule has 1 unspecified atom stereocenters. The molecule has 1 aliphatic rings. The molecule has 0 spiro atoms. The van der Waals surface area contributed by atoms with Gasteiger partial charge in [0.25, 0.3) is 5.91 Å². The summed E-state index contributed by atoms with van der Waals surface area (Å²) in [5, 5.41) is 9.81. The van der Waals surface area contributed by atoms with E-state index in [0.29, 0.717) is 31.0 Å². The maximum absolute atomic E-state index is 13.1. The summed E-state index contributed by atoms with van der Waals surface area (Å²) in [6, 6.07) is 7.58. The average molecular weight is 410 g/mol. The molecule has 1 saturated heterocycles. The number of hydrogen-bond acceptors (Lipinski definition) is 4. The average Bonchev–Trinajstić information content (AvgIpc) is 3.17. The van der Waals surface area contributed by atoms with Crippen LogP contribution < -0.4 is 11.1 Å². The van der Waals surface area contributed by atoms with Gasteiger partial charge in [0.1, 0.15) is 11.5 Å². The summed E-state index contributed by atoms with van der Waals surface area (Å²) >= 11 is 0. The van der Waals surface area contributed by atoms with E-state index in [9.17, 15) is 14.0 Å². The second kappa shape index (κ2) is 10.2. The molecule has 1 aromatic carbocycles. The Kier molecular flexibility index (Phi) is 7.95. The third-order valence-corrected chi connectivity index (χ3v) is 4.74. The van der Waals surface area contributed by atoms with Crippen LogP contribution in [0, 0.1) is 5.82 Å². The Labute approximate surface area is 169 Å². The molecule has 1 atom stereocenters. The predicted octanol–water partition coefficient (Wildman–Crippen LogP) is 2.10. The highest BCUT2D eigenvalue weighted by atomic mass is 35.5. The number of amides is 2. The number of aromatic amines is 1. The number of halogens is 2. The second-order valence-corrected chi connectivity index (χ2v) is 6.66. The number of hydrogen-bond donors (Lipinski definition) is 3. The van der Waals surface area contributed by atoms with Gasteiger partial charge in [-0.05, 0) is 49.6 Å². The van der Waals surface area contributed by atoms with Crippen molar-refractivity contribution < 1.29 is 14.0 Å². The lowest BCUT2D eigenvalue weighted by Crippen LogP contribution is -2.49. The number of nitrogens with zero attached hydrogens (tertiary/aromatic N) is 2. The van der Waals surface area contributed by atoms with E-state index in [0.717, 1.165) is 24.8 Å². The van der Waals surface area contributed by atoms with Crippen molar-refractivity contribution in [3.8, 4) is 11.3 Å². The number of nitrogens with two attached hydrogens (primary N) is 1. The van der Waals surface area contributed by atoms with Crippen molar-refractivity contribution in [3.63, 3.8) is 0 Å². The molecule has 1 aromatic heterocycles. The molecule has 3 rings (SSSR count). The van der Waals surface area contributed by atoms with E-state index in [1.54, 1.807) is 23.1 Å². The summed E-state index contributed by atoms with van der Waals surface area (Å²) < 4.78 is 13.1. The SMILES string of the molecule is Cl.NCCC(=O)NCC1CCCCN1C(=O)c1cc(-c2ccc(F)cc2)n[nH]1. The highest BCUT2D eigenvalue weighted by Crippen LogP contribution is 2.22. The lowest BCUT2D eigenvalue weighted by Gasteiger charge is -2.35. The Morgan fingerprint density at radius 3 is 2.75 bits per heavy atom. The molecule has 1 fully saturated rings. The quantitative estimate of drug-likeness (QED) is 0.679. The number of carbonyl (C=O) groups excluding carboxylic acids is 2. The molecule has 4 N–H and O–H groups in total. The Morgan fingerprint density at radius 2 is 2.04 bits per heavy atom. The number of likely N-dealkylation sites (tertiary alicyclic amines) is 1. The van der Waals surface area contributed by atoms with E-state index in [4.69, 9.17) is 5.73 Å². The molecule has 2 heterocycles. The van der Waals surface area contributed by atoms with Crippen molar-refractivity contribution in [1.29, 1.82) is 0 Å². The lowest BCUT2D eigenvalue weighted by atomic mass is 10.0. The van der Waals surface area contributed by atoms with Crippen LogP contribution in [0.25, 0.3) is 11.3 Å². The van der Waals surface area contributed by atoms with Crippen LogP contribution in [0.1, 0.15) is 36.2 Å². The lowest BCUT2D eigenvalue weighted by molar-refractivity contribution is -0.121. The van der Waals surface area contributed by atoms with Crippen LogP contribution in [0.2, 0.25) is 0 Å². The van der Waals surface area contributed by atoms with Gasteiger partial charge in [0.2, 0.25) is 5.91 Å². The molecular formula is C19H25ClFN5O2. The summed E-state index contributed by atoms with van der Waals surface area (Å²) in [6.45, 7) is 1.37. The molecular weight excluding hydrogens is 385 g/mol. The molecule has 1 aliphatic heterocycles. The van der Waals surface area contributed by atoms with Crippen molar-refractivity contribution in [2.45, 2.75) is 31.7 Å². The van der Waals surface area contributed by atoms with Crippen LogP contribution in [-0.4, -0.2) is 52.6 Å². The zero-order valence-corrected chi connectivity index (χ0v) is 16.3. The summed E-state index contributed by atoms with van der Waals surface area (Å²) in [4.78, 5) is 26.4. The smallest absolute Gasteiger partial charge is 0.272 e. The minimum absolute atomic E-state index is 0. The van der Waals surface area contributed by atoms with E-state index in [2.05, 4.69) is 15.5 Å². The second-order valence-electron chi connectivity index (χ2n) is 6.66. The van der Waals surface area contributed by atoms with Crippen molar-refractivity contribution in [3.05, 3.63) is 41.8 Å². The molecule has 0 bridgehead atoms. The van der Waals surface area contributed by atoms with Crippen LogP contribution in [0.3, 0.4) is 0 Å². The van der Waals surface area contributed by atoms with Gasteiger partial charge in [-0.15, -0.1) is 12.4 Å². The van der Waals surface area contributed by atoms with Gasteiger partial charge in [0, 0.05) is 37.7 Å². The number of H-pyrrole nitrogens is 1. The van der Waals surface area contributed by atoms with E-state index in [1.807, 2.05) is 0 Å². The number of rotatable bonds is 6. The first-order valence-electron chi connectivity index (χ1n) is 9.17. The number of piperidine rings is 1. The summed E-state index contributed by atoms with van der Waals surface area (Å²) in [7, 11) is 0. The van der Waals surface area contributed by atoms with Gasteiger partial charge in [-0.25, -0.2) is 4.39 Å². The van der Waals surface area contributed by atoms with Gasteiger partial charge in [0.15, 0.2) is 0 Å². The molecule has 0 aliphatic carbocycles. The van der Waals surface area contributed by atoms with Gasteiger partial charge in [-0.1, -0.05) is 0 Å². The van der Waals surface area contributed by atoms with Crippen molar-refractivity contribution in [2.24, 2.45) is 5.73 Å². The topological polar surface area (TPSA) is 104 Å². The first-order valence-corrected chi connectivity index (χ1v) is 9.17. The van der Waals surface area contributed by atoms with Crippen molar-refractivity contribution in [2.75, 3.05) is 19.6 Å². The number of benzene rings is 1. The van der Waals surface area contributed by atoms with Gasteiger partial charge < -0.3 is 16.0 Å². The largest absolute Gasteiger partial charge is 0.354 e. The first-order chi connectivity index (χ1) is 13.1. The summed E-state index contributed by atoms with van der Waals surface area (Å²) in [5.74, 6) is -0.567. The highest BCUT2D eigenvalue weighted by Gasteiger charge is 2.28. The number of nitrogens with one attached hydrogen (secondary N) is 2. The molecule has 2 aromatic rings. The van der Waals surface area contributed by atoms with E-state index >= 15 is 0 Å². The standard InChI is InChI=1S/C19H24FN5O2.ClH/c20-14-6-4-13(5-7-14)16-11-17(24-23-16)19(27)25-10-2-1-3-15(25)12-22-18(26)8-9-21;/h4-7,11,15H,1-3,8-10,12,21H2,(H,22,26)(H,23,24);1H. The van der Waals surface area contributed by atoms with Gasteiger partial charge in [-0.3, -0.25) is 14.7 Å². The number of aromatic nitrogens is 2. The van der Waals surface area contributed by atoms with Gasteiger partial charge in [-0.2, -0.15) is 5.10 Å². The van der Waals surface area contributed by atoms with E-state index in [1.165, 1.54) is 12.1 Å². The Hall–Kier alpha value is -2.45. The Bertz CT molecular complexity index is 796. The Morgan fingerprint density at radius 1 is 1.29 bits per heavy atom. The van der Waals surface area contributed by atoms with Crippen molar-refractivity contribution in [1.82, 2.24) is 20.4 Å². The zero-order chi connectivity index (χ0) is 19.2. The predicted molar refractivity (Wildman–Crippen MR) is 107 cm³/mol. The van der Waals surface area contributed by atoms with Crippen LogP contribution in [0.15, 0.2) is 30.3 Å². The fraction of sp³-hybridized carbons (Fsp3) is 0.421. The monoisotopic (exact) mass is 409 g/mol. The van der Waals surface area contributed by atoms with Gasteiger partial charge in [0.05, 0.1) is 5.69 Å². The Balaban J connectivity index is 0.00000280. The molecule has 0 saturated carbocycles. The fourth-order valence-corrected chi connectivity index (χ4v) is 3.29.